The maximum absolute atomic E-state index is 13.7. The summed E-state index contributed by atoms with van der Waals surface area (Å²) >= 11 is 0. The minimum absolute atomic E-state index is 0.0698. The summed E-state index contributed by atoms with van der Waals surface area (Å²) in [5, 5.41) is 0. The molecule has 0 bridgehead atoms. The highest BCUT2D eigenvalue weighted by Crippen LogP contribution is 2.29. The Kier molecular flexibility index (Phi) is 24.5. The molecule has 1 amide bonds. The summed E-state index contributed by atoms with van der Waals surface area (Å²) in [4.78, 5) is 39.6. The predicted octanol–water partition coefficient (Wildman–Crippen LogP) is 12.5. The zero-order valence-corrected chi connectivity index (χ0v) is 36.0. The number of carbonyl (C=O) groups excluding carboxylic acids is 3. The number of esters is 2. The SMILES string of the molecule is CCCCCCCCCCOc1cc(OCCCCCCCCCC)cc(OCCCCCC(=O)N(Cc2ccc(C(=O)OC)cc2)c2cccc(C(=O)OC)c2)c1. The summed E-state index contributed by atoms with van der Waals surface area (Å²) in [5.41, 5.74) is 2.22. The van der Waals surface area contributed by atoms with Gasteiger partial charge in [0.05, 0.1) is 51.7 Å². The van der Waals surface area contributed by atoms with Gasteiger partial charge in [0.1, 0.15) is 17.2 Å². The number of methoxy groups -OCH3 is 2. The summed E-state index contributed by atoms with van der Waals surface area (Å²) in [6.45, 7) is 6.63. The quantitative estimate of drug-likeness (QED) is 0.0454. The number of rotatable bonds is 32. The predicted molar refractivity (Wildman–Crippen MR) is 233 cm³/mol. The fourth-order valence-corrected chi connectivity index (χ4v) is 6.82. The third kappa shape index (κ3) is 19.3. The fourth-order valence-electron chi connectivity index (χ4n) is 6.82. The monoisotopic (exact) mass is 802 g/mol. The van der Waals surface area contributed by atoms with Gasteiger partial charge in [-0.3, -0.25) is 4.79 Å². The van der Waals surface area contributed by atoms with Crippen LogP contribution in [0.2, 0.25) is 0 Å². The zero-order chi connectivity index (χ0) is 41.6. The second kappa shape index (κ2) is 29.6. The summed E-state index contributed by atoms with van der Waals surface area (Å²) in [7, 11) is 2.67. The molecule has 0 radical (unpaired) electrons. The summed E-state index contributed by atoms with van der Waals surface area (Å²) < 4.78 is 28.4. The molecule has 3 aromatic rings. The highest BCUT2D eigenvalue weighted by Gasteiger charge is 2.19. The van der Waals surface area contributed by atoms with Crippen LogP contribution in [-0.2, 0) is 20.8 Å². The first-order valence-corrected chi connectivity index (χ1v) is 22.1. The molecule has 0 N–H and O–H groups in total. The molecule has 0 saturated heterocycles. The van der Waals surface area contributed by atoms with Crippen LogP contribution in [0.25, 0.3) is 0 Å². The number of hydrogen-bond donors (Lipinski definition) is 0. The van der Waals surface area contributed by atoms with E-state index in [-0.39, 0.29) is 12.5 Å². The van der Waals surface area contributed by atoms with Crippen LogP contribution in [0.15, 0.2) is 66.7 Å². The number of ether oxygens (including phenoxy) is 5. The second-order valence-corrected chi connectivity index (χ2v) is 15.2. The first kappa shape index (κ1) is 47.8. The smallest absolute Gasteiger partial charge is 0.337 e. The molecule has 320 valence electrons. The second-order valence-electron chi connectivity index (χ2n) is 15.2. The molecule has 3 aromatic carbocycles. The Bertz CT molecular complexity index is 1550. The Balaban J connectivity index is 1.53. The molecule has 0 fully saturated rings. The summed E-state index contributed by atoms with van der Waals surface area (Å²) in [6, 6.07) is 19.7. The van der Waals surface area contributed by atoms with Crippen molar-refractivity contribution in [2.45, 2.75) is 149 Å². The van der Waals surface area contributed by atoms with Gasteiger partial charge in [0.15, 0.2) is 0 Å². The zero-order valence-electron chi connectivity index (χ0n) is 36.0. The maximum Gasteiger partial charge on any atom is 0.337 e. The fraction of sp³-hybridized carbons (Fsp3) is 0.571. The van der Waals surface area contributed by atoms with E-state index >= 15 is 0 Å². The number of benzene rings is 3. The van der Waals surface area contributed by atoms with Crippen LogP contribution in [0, 0.1) is 0 Å². The molecule has 0 aromatic heterocycles. The van der Waals surface area contributed by atoms with E-state index in [1.165, 1.54) is 104 Å². The van der Waals surface area contributed by atoms with E-state index in [1.807, 2.05) is 24.3 Å². The molecule has 0 atom stereocenters. The maximum atomic E-state index is 13.7. The van der Waals surface area contributed by atoms with Gasteiger partial charge < -0.3 is 28.6 Å². The molecule has 58 heavy (non-hydrogen) atoms. The molecule has 0 unspecified atom stereocenters. The van der Waals surface area contributed by atoms with Gasteiger partial charge in [0, 0.05) is 30.3 Å². The van der Waals surface area contributed by atoms with Gasteiger partial charge in [0.2, 0.25) is 5.91 Å². The third-order valence-electron chi connectivity index (χ3n) is 10.3. The number of unbranched alkanes of at least 4 members (excludes halogenated alkanes) is 16. The van der Waals surface area contributed by atoms with E-state index in [9.17, 15) is 14.4 Å². The Hall–Kier alpha value is -4.53. The lowest BCUT2D eigenvalue weighted by Crippen LogP contribution is -2.30. The van der Waals surface area contributed by atoms with E-state index in [2.05, 4.69) is 13.8 Å². The van der Waals surface area contributed by atoms with Gasteiger partial charge >= 0.3 is 11.9 Å². The first-order valence-electron chi connectivity index (χ1n) is 22.1. The van der Waals surface area contributed by atoms with Crippen molar-refractivity contribution in [1.82, 2.24) is 0 Å². The van der Waals surface area contributed by atoms with Crippen molar-refractivity contribution in [2.75, 3.05) is 38.9 Å². The van der Waals surface area contributed by atoms with Crippen molar-refractivity contribution in [2.24, 2.45) is 0 Å². The normalized spacial score (nSPS) is 10.9. The average Bonchev–Trinajstić information content (AvgIpc) is 3.25. The van der Waals surface area contributed by atoms with E-state index in [1.54, 1.807) is 47.4 Å². The topological polar surface area (TPSA) is 101 Å². The van der Waals surface area contributed by atoms with Gasteiger partial charge in [-0.15, -0.1) is 0 Å². The van der Waals surface area contributed by atoms with Crippen LogP contribution in [0.4, 0.5) is 5.69 Å². The highest BCUT2D eigenvalue weighted by atomic mass is 16.5. The number of carbonyl (C=O) groups is 3. The van der Waals surface area contributed by atoms with Gasteiger partial charge in [-0.1, -0.05) is 122 Å². The lowest BCUT2D eigenvalue weighted by atomic mass is 10.1. The van der Waals surface area contributed by atoms with Crippen molar-refractivity contribution < 1.29 is 38.1 Å². The summed E-state index contributed by atoms with van der Waals surface area (Å²) in [6.07, 6.45) is 22.6. The van der Waals surface area contributed by atoms with E-state index < -0.39 is 11.9 Å². The van der Waals surface area contributed by atoms with E-state index in [0.29, 0.717) is 49.5 Å². The molecule has 0 aliphatic heterocycles. The first-order chi connectivity index (χ1) is 28.4. The molecule has 0 saturated carbocycles. The van der Waals surface area contributed by atoms with Gasteiger partial charge in [0.25, 0.3) is 0 Å². The highest BCUT2D eigenvalue weighted by molar-refractivity contribution is 5.96. The van der Waals surface area contributed by atoms with Crippen molar-refractivity contribution in [3.8, 4) is 17.2 Å². The Morgan fingerprint density at radius 2 is 0.914 bits per heavy atom. The van der Waals surface area contributed by atoms with Crippen molar-refractivity contribution >= 4 is 23.5 Å². The standard InChI is InChI=1S/C49H71NO8/c1-5-7-9-11-13-15-17-21-32-56-44-36-45(57-33-22-18-16-14-12-10-8-6-2)38-46(37-44)58-34-23-19-20-27-47(51)50(43-26-24-25-42(35-43)49(53)55-4)39-40-28-30-41(31-29-40)48(52)54-3/h24-26,28-31,35-38H,5-23,27,32-34,39H2,1-4H3. The molecule has 0 aliphatic carbocycles. The molecule has 9 nitrogen and oxygen atoms in total. The van der Waals surface area contributed by atoms with Gasteiger partial charge in [-0.25, -0.2) is 9.59 Å². The van der Waals surface area contributed by atoms with Crippen LogP contribution in [0.3, 0.4) is 0 Å². The van der Waals surface area contributed by atoms with Crippen molar-refractivity contribution in [3.05, 3.63) is 83.4 Å². The van der Waals surface area contributed by atoms with Gasteiger partial charge in [-0.05, 0) is 68.0 Å². The lowest BCUT2D eigenvalue weighted by molar-refractivity contribution is -0.118. The molecule has 0 heterocycles. The lowest BCUT2D eigenvalue weighted by Gasteiger charge is -2.24. The van der Waals surface area contributed by atoms with Crippen LogP contribution in [-0.4, -0.2) is 51.9 Å². The van der Waals surface area contributed by atoms with Crippen LogP contribution in [0.5, 0.6) is 17.2 Å². The largest absolute Gasteiger partial charge is 0.493 e. The average molecular weight is 802 g/mol. The number of hydrogen-bond acceptors (Lipinski definition) is 8. The number of amides is 1. The molecule has 0 aliphatic rings. The third-order valence-corrected chi connectivity index (χ3v) is 10.3. The van der Waals surface area contributed by atoms with E-state index in [0.717, 1.165) is 48.5 Å². The minimum Gasteiger partial charge on any atom is -0.493 e. The Labute approximate surface area is 349 Å². The van der Waals surface area contributed by atoms with E-state index in [4.69, 9.17) is 23.7 Å². The molecule has 9 heteroatoms. The summed E-state index contributed by atoms with van der Waals surface area (Å²) in [5.74, 6) is 1.30. The van der Waals surface area contributed by atoms with Gasteiger partial charge in [-0.2, -0.15) is 0 Å². The molecular formula is C49H71NO8. The number of nitrogens with zero attached hydrogens (tertiary/aromatic N) is 1. The van der Waals surface area contributed by atoms with Crippen molar-refractivity contribution in [1.29, 1.82) is 0 Å². The number of anilines is 1. The molecular weight excluding hydrogens is 731 g/mol. The van der Waals surface area contributed by atoms with Crippen LogP contribution < -0.4 is 19.1 Å². The molecule has 3 rings (SSSR count). The molecule has 0 spiro atoms. The minimum atomic E-state index is -0.473. The van der Waals surface area contributed by atoms with Crippen molar-refractivity contribution in [3.63, 3.8) is 0 Å². The van der Waals surface area contributed by atoms with Crippen LogP contribution >= 0.6 is 0 Å². The van der Waals surface area contributed by atoms with Crippen LogP contribution in [0.1, 0.15) is 169 Å². The Morgan fingerprint density at radius 3 is 1.38 bits per heavy atom. The Morgan fingerprint density at radius 1 is 0.483 bits per heavy atom.